The van der Waals surface area contributed by atoms with Crippen molar-refractivity contribution < 1.29 is 9.47 Å². The summed E-state index contributed by atoms with van der Waals surface area (Å²) in [6, 6.07) is 10.8. The first kappa shape index (κ1) is 15.5. The second-order valence-corrected chi connectivity index (χ2v) is 5.39. The van der Waals surface area contributed by atoms with Crippen molar-refractivity contribution in [2.75, 3.05) is 20.3 Å². The Morgan fingerprint density at radius 2 is 2.15 bits per heavy atom. The summed E-state index contributed by atoms with van der Waals surface area (Å²) in [6.07, 6.45) is 5.18. The smallest absolute Gasteiger partial charge is 0.0977 e. The fourth-order valence-corrected chi connectivity index (χ4v) is 2.95. The van der Waals surface area contributed by atoms with Crippen molar-refractivity contribution in [1.29, 1.82) is 0 Å². The van der Waals surface area contributed by atoms with Crippen molar-refractivity contribution in [2.45, 2.75) is 50.9 Å². The fourth-order valence-electron chi connectivity index (χ4n) is 2.95. The molecular weight excluding hydrogens is 250 g/mol. The van der Waals surface area contributed by atoms with Crippen molar-refractivity contribution in [1.82, 2.24) is 5.32 Å². The lowest BCUT2D eigenvalue weighted by molar-refractivity contribution is 0.0261. The Morgan fingerprint density at radius 3 is 2.75 bits per heavy atom. The van der Waals surface area contributed by atoms with Gasteiger partial charge in [0.2, 0.25) is 0 Å². The van der Waals surface area contributed by atoms with Gasteiger partial charge in [0.05, 0.1) is 12.2 Å². The van der Waals surface area contributed by atoms with Gasteiger partial charge >= 0.3 is 0 Å². The minimum absolute atomic E-state index is 0.118. The van der Waals surface area contributed by atoms with E-state index in [9.17, 15) is 0 Å². The van der Waals surface area contributed by atoms with Gasteiger partial charge in [-0.05, 0) is 45.2 Å². The topological polar surface area (TPSA) is 30.5 Å². The maximum Gasteiger partial charge on any atom is 0.0977 e. The molecule has 3 heteroatoms. The molecule has 1 aromatic rings. The average molecular weight is 277 g/mol. The Morgan fingerprint density at radius 1 is 1.35 bits per heavy atom. The van der Waals surface area contributed by atoms with Gasteiger partial charge in [0, 0.05) is 19.3 Å². The molecule has 1 aromatic carbocycles. The van der Waals surface area contributed by atoms with Crippen LogP contribution in [0.5, 0.6) is 0 Å². The minimum atomic E-state index is 0.118. The van der Waals surface area contributed by atoms with Crippen LogP contribution in [0.3, 0.4) is 0 Å². The zero-order valence-corrected chi connectivity index (χ0v) is 12.7. The summed E-state index contributed by atoms with van der Waals surface area (Å²) < 4.78 is 11.7. The van der Waals surface area contributed by atoms with E-state index in [4.69, 9.17) is 9.47 Å². The molecule has 1 saturated heterocycles. The minimum Gasteiger partial charge on any atom is -0.378 e. The summed E-state index contributed by atoms with van der Waals surface area (Å²) >= 11 is 0. The lowest BCUT2D eigenvalue weighted by Crippen LogP contribution is -2.34. The number of ether oxygens (including phenoxy) is 2. The van der Waals surface area contributed by atoms with Gasteiger partial charge in [0.1, 0.15) is 0 Å². The molecule has 2 rings (SSSR count). The van der Waals surface area contributed by atoms with Gasteiger partial charge in [-0.1, -0.05) is 30.3 Å². The Hall–Kier alpha value is -0.900. The molecule has 0 bridgehead atoms. The maximum atomic E-state index is 5.99. The van der Waals surface area contributed by atoms with Crippen LogP contribution in [-0.4, -0.2) is 32.4 Å². The van der Waals surface area contributed by atoms with Crippen LogP contribution in [0.25, 0.3) is 0 Å². The lowest BCUT2D eigenvalue weighted by atomic mass is 9.96. The number of nitrogens with one attached hydrogen (secondary N) is 1. The highest BCUT2D eigenvalue weighted by molar-refractivity contribution is 5.19. The van der Waals surface area contributed by atoms with Gasteiger partial charge in [-0.2, -0.15) is 0 Å². The summed E-state index contributed by atoms with van der Waals surface area (Å²) in [5.74, 6) is 0. The molecule has 20 heavy (non-hydrogen) atoms. The summed E-state index contributed by atoms with van der Waals surface area (Å²) in [5.41, 5.74) is 1.25. The van der Waals surface area contributed by atoms with Crippen LogP contribution >= 0.6 is 0 Å². The molecule has 0 saturated carbocycles. The summed E-state index contributed by atoms with van der Waals surface area (Å²) in [4.78, 5) is 0. The van der Waals surface area contributed by atoms with E-state index < -0.39 is 0 Å². The van der Waals surface area contributed by atoms with Crippen molar-refractivity contribution in [3.63, 3.8) is 0 Å². The highest BCUT2D eigenvalue weighted by Crippen LogP contribution is 2.26. The second-order valence-electron chi connectivity index (χ2n) is 5.39. The van der Waals surface area contributed by atoms with Gasteiger partial charge in [0.15, 0.2) is 0 Å². The predicted octanol–water partition coefficient (Wildman–Crippen LogP) is 3.31. The molecular formula is C17H27NO2. The van der Waals surface area contributed by atoms with Gasteiger partial charge in [-0.25, -0.2) is 0 Å². The van der Waals surface area contributed by atoms with E-state index in [1.807, 2.05) is 13.1 Å². The first-order valence-electron chi connectivity index (χ1n) is 7.80. The third kappa shape index (κ3) is 4.30. The first-order valence-corrected chi connectivity index (χ1v) is 7.80. The van der Waals surface area contributed by atoms with Crippen LogP contribution in [0.2, 0.25) is 0 Å². The normalized spacial score (nSPS) is 21.8. The third-order valence-corrected chi connectivity index (χ3v) is 4.03. The monoisotopic (exact) mass is 277 g/mol. The number of hydrogen-bond acceptors (Lipinski definition) is 3. The van der Waals surface area contributed by atoms with Gasteiger partial charge in [-0.3, -0.25) is 0 Å². The molecule has 1 N–H and O–H groups in total. The highest BCUT2D eigenvalue weighted by Gasteiger charge is 2.24. The predicted molar refractivity (Wildman–Crippen MR) is 81.9 cm³/mol. The van der Waals surface area contributed by atoms with Crippen LogP contribution < -0.4 is 5.32 Å². The van der Waals surface area contributed by atoms with Crippen LogP contribution in [0.1, 0.15) is 44.3 Å². The van der Waals surface area contributed by atoms with E-state index in [1.54, 1.807) is 0 Å². The number of hydrogen-bond donors (Lipinski definition) is 1. The summed E-state index contributed by atoms with van der Waals surface area (Å²) in [6.45, 7) is 3.73. The van der Waals surface area contributed by atoms with E-state index in [0.29, 0.717) is 12.1 Å². The molecule has 0 aromatic heterocycles. The van der Waals surface area contributed by atoms with Crippen molar-refractivity contribution >= 4 is 0 Å². The lowest BCUT2D eigenvalue weighted by Gasteiger charge is -2.28. The fraction of sp³-hybridized carbons (Fsp3) is 0.647. The van der Waals surface area contributed by atoms with Crippen LogP contribution in [-0.2, 0) is 9.47 Å². The third-order valence-electron chi connectivity index (χ3n) is 4.03. The zero-order valence-electron chi connectivity index (χ0n) is 12.7. The van der Waals surface area contributed by atoms with Gasteiger partial charge in [0.25, 0.3) is 0 Å². The van der Waals surface area contributed by atoms with E-state index in [-0.39, 0.29) is 6.10 Å². The number of likely N-dealkylation sites (N-methyl/N-ethyl adjacent to an activating group) is 1. The molecule has 1 heterocycles. The molecule has 1 aliphatic rings. The molecule has 3 nitrogen and oxygen atoms in total. The van der Waals surface area contributed by atoms with E-state index in [0.717, 1.165) is 26.1 Å². The van der Waals surface area contributed by atoms with Crippen molar-refractivity contribution in [3.05, 3.63) is 35.9 Å². The number of rotatable bonds is 8. The van der Waals surface area contributed by atoms with Gasteiger partial charge < -0.3 is 14.8 Å². The Labute approximate surface area is 122 Å². The van der Waals surface area contributed by atoms with E-state index in [2.05, 4.69) is 36.5 Å². The van der Waals surface area contributed by atoms with E-state index >= 15 is 0 Å². The average Bonchev–Trinajstić information content (AvgIpc) is 3.01. The summed E-state index contributed by atoms with van der Waals surface area (Å²) in [5, 5.41) is 3.43. The van der Waals surface area contributed by atoms with Crippen LogP contribution in [0.4, 0.5) is 0 Å². The van der Waals surface area contributed by atoms with Crippen molar-refractivity contribution in [3.8, 4) is 0 Å². The molecule has 112 valence electrons. The SMILES string of the molecule is CCOC(c1ccccc1)C(CCC1CCCO1)NC. The summed E-state index contributed by atoms with van der Waals surface area (Å²) in [7, 11) is 2.02. The molecule has 0 amide bonds. The molecule has 1 fully saturated rings. The van der Waals surface area contributed by atoms with Crippen molar-refractivity contribution in [2.24, 2.45) is 0 Å². The second kappa shape index (κ2) is 8.40. The van der Waals surface area contributed by atoms with Gasteiger partial charge in [-0.15, -0.1) is 0 Å². The Kier molecular flexibility index (Phi) is 6.51. The van der Waals surface area contributed by atoms with Crippen LogP contribution in [0.15, 0.2) is 30.3 Å². The largest absolute Gasteiger partial charge is 0.378 e. The maximum absolute atomic E-state index is 5.99. The quantitative estimate of drug-likeness (QED) is 0.791. The standard InChI is InChI=1S/C17H27NO2/c1-3-19-17(14-8-5-4-6-9-14)16(18-2)12-11-15-10-7-13-20-15/h4-6,8-9,15-18H,3,7,10-13H2,1-2H3. The molecule has 3 unspecified atom stereocenters. The molecule has 0 aliphatic carbocycles. The van der Waals surface area contributed by atoms with E-state index in [1.165, 1.54) is 18.4 Å². The Balaban J connectivity index is 1.97. The molecule has 0 radical (unpaired) electrons. The highest BCUT2D eigenvalue weighted by atomic mass is 16.5. The molecule has 0 spiro atoms. The van der Waals surface area contributed by atoms with Crippen LogP contribution in [0, 0.1) is 0 Å². The number of benzene rings is 1. The Bertz CT molecular complexity index is 363. The first-order chi connectivity index (χ1) is 9.85. The molecule has 3 atom stereocenters. The molecule has 1 aliphatic heterocycles. The zero-order chi connectivity index (χ0) is 14.2.